The van der Waals surface area contributed by atoms with Crippen molar-refractivity contribution in [2.24, 2.45) is 0 Å². The largest absolute Gasteiger partial charge is 0.375 e. The van der Waals surface area contributed by atoms with Gasteiger partial charge in [-0.3, -0.25) is 0 Å². The molecule has 4 nitrogen and oxygen atoms in total. The molecule has 1 aliphatic heterocycles. The first-order valence-corrected chi connectivity index (χ1v) is 4.96. The fraction of sp³-hybridized carbons (Fsp3) is 0.600. The smallest absolute Gasteiger partial charge is 0.129 e. The van der Waals surface area contributed by atoms with Crippen LogP contribution >= 0.6 is 0 Å². The third-order valence-corrected chi connectivity index (χ3v) is 2.36. The van der Waals surface area contributed by atoms with Gasteiger partial charge in [-0.25, -0.2) is 9.97 Å². The van der Waals surface area contributed by atoms with Crippen molar-refractivity contribution in [1.29, 1.82) is 0 Å². The number of rotatable bonds is 3. The first-order chi connectivity index (χ1) is 6.90. The number of nitrogens with one attached hydrogen (secondary N) is 1. The fourth-order valence-electron chi connectivity index (χ4n) is 1.53. The zero-order valence-electron chi connectivity index (χ0n) is 8.42. The number of likely N-dealkylation sites (N-methyl/N-ethyl adjacent to an activating group) is 1. The summed E-state index contributed by atoms with van der Waals surface area (Å²) in [4.78, 5) is 8.80. The van der Waals surface area contributed by atoms with Crippen LogP contribution in [0.15, 0.2) is 6.20 Å². The summed E-state index contributed by atoms with van der Waals surface area (Å²) in [5.74, 6) is 0.906. The molecular weight excluding hydrogens is 178 g/mol. The van der Waals surface area contributed by atoms with Gasteiger partial charge < -0.3 is 10.1 Å². The van der Waals surface area contributed by atoms with Gasteiger partial charge >= 0.3 is 0 Å². The minimum atomic E-state index is 0.643. The van der Waals surface area contributed by atoms with Crippen LogP contribution in [0.1, 0.15) is 17.1 Å². The maximum Gasteiger partial charge on any atom is 0.129 e. The summed E-state index contributed by atoms with van der Waals surface area (Å²) in [6.07, 6.45) is 3.77. The van der Waals surface area contributed by atoms with Crippen molar-refractivity contribution in [3.8, 4) is 0 Å². The van der Waals surface area contributed by atoms with Gasteiger partial charge in [-0.2, -0.15) is 0 Å². The number of hydrogen-bond acceptors (Lipinski definition) is 4. The van der Waals surface area contributed by atoms with Crippen LogP contribution in [0.4, 0.5) is 0 Å². The monoisotopic (exact) mass is 193 g/mol. The second kappa shape index (κ2) is 4.48. The van der Waals surface area contributed by atoms with Crippen LogP contribution in [0.5, 0.6) is 0 Å². The molecule has 1 aromatic rings. The van der Waals surface area contributed by atoms with Crippen molar-refractivity contribution < 1.29 is 4.74 Å². The molecule has 0 radical (unpaired) electrons. The highest BCUT2D eigenvalue weighted by atomic mass is 16.5. The topological polar surface area (TPSA) is 47.0 Å². The van der Waals surface area contributed by atoms with Gasteiger partial charge in [0.1, 0.15) is 5.82 Å². The molecular formula is C10H15N3O. The Kier molecular flexibility index (Phi) is 3.06. The Bertz CT molecular complexity index is 314. The minimum absolute atomic E-state index is 0.643. The summed E-state index contributed by atoms with van der Waals surface area (Å²) in [5.41, 5.74) is 2.31. The third kappa shape index (κ3) is 2.08. The van der Waals surface area contributed by atoms with Crippen LogP contribution in [0, 0.1) is 0 Å². The molecule has 2 rings (SSSR count). The van der Waals surface area contributed by atoms with E-state index in [4.69, 9.17) is 4.74 Å². The van der Waals surface area contributed by atoms with Crippen LogP contribution in [0.25, 0.3) is 0 Å². The van der Waals surface area contributed by atoms with E-state index in [9.17, 15) is 0 Å². The molecule has 0 unspecified atom stereocenters. The van der Waals surface area contributed by atoms with E-state index >= 15 is 0 Å². The standard InChI is InChI=1S/C10H15N3O/c1-11-4-2-10-12-6-8-3-5-14-7-9(8)13-10/h6,11H,2-5,7H2,1H3. The average Bonchev–Trinajstić information content (AvgIpc) is 2.26. The summed E-state index contributed by atoms with van der Waals surface area (Å²) in [6.45, 7) is 2.36. The van der Waals surface area contributed by atoms with E-state index in [1.807, 2.05) is 13.2 Å². The molecule has 0 fully saturated rings. The number of aromatic nitrogens is 2. The van der Waals surface area contributed by atoms with Gasteiger partial charge in [-0.1, -0.05) is 0 Å². The maximum absolute atomic E-state index is 5.35. The molecule has 76 valence electrons. The van der Waals surface area contributed by atoms with Gasteiger partial charge in [0, 0.05) is 19.2 Å². The minimum Gasteiger partial charge on any atom is -0.375 e. The predicted octanol–water partition coefficient (Wildman–Crippen LogP) is 0.311. The number of ether oxygens (including phenoxy) is 1. The molecule has 2 heterocycles. The van der Waals surface area contributed by atoms with Crippen molar-refractivity contribution in [3.63, 3.8) is 0 Å². The van der Waals surface area contributed by atoms with Gasteiger partial charge in [0.15, 0.2) is 0 Å². The molecule has 14 heavy (non-hydrogen) atoms. The van der Waals surface area contributed by atoms with Gasteiger partial charge in [-0.15, -0.1) is 0 Å². The van der Waals surface area contributed by atoms with Crippen LogP contribution in [0.2, 0.25) is 0 Å². The summed E-state index contributed by atoms with van der Waals surface area (Å²) < 4.78 is 5.35. The van der Waals surface area contributed by atoms with Crippen LogP contribution in [-0.2, 0) is 24.2 Å². The Labute approximate surface area is 83.7 Å². The number of hydrogen-bond donors (Lipinski definition) is 1. The van der Waals surface area contributed by atoms with Gasteiger partial charge in [-0.05, 0) is 19.0 Å². The van der Waals surface area contributed by atoms with E-state index in [0.717, 1.165) is 37.5 Å². The summed E-state index contributed by atoms with van der Waals surface area (Å²) >= 11 is 0. The van der Waals surface area contributed by atoms with Gasteiger partial charge in [0.25, 0.3) is 0 Å². The highest BCUT2D eigenvalue weighted by Crippen LogP contribution is 2.13. The summed E-state index contributed by atoms with van der Waals surface area (Å²) in [6, 6.07) is 0. The van der Waals surface area contributed by atoms with Crippen LogP contribution in [0.3, 0.4) is 0 Å². The lowest BCUT2D eigenvalue weighted by Gasteiger charge is -2.15. The van der Waals surface area contributed by atoms with E-state index in [0.29, 0.717) is 6.61 Å². The predicted molar refractivity (Wildman–Crippen MR) is 53.0 cm³/mol. The lowest BCUT2D eigenvalue weighted by molar-refractivity contribution is 0.107. The summed E-state index contributed by atoms with van der Waals surface area (Å²) in [5, 5.41) is 3.08. The molecule has 0 aromatic carbocycles. The van der Waals surface area contributed by atoms with Gasteiger partial charge in [0.2, 0.25) is 0 Å². The normalized spacial score (nSPS) is 15.2. The summed E-state index contributed by atoms with van der Waals surface area (Å²) in [7, 11) is 1.93. The Morgan fingerprint density at radius 1 is 1.57 bits per heavy atom. The third-order valence-electron chi connectivity index (χ3n) is 2.36. The first kappa shape index (κ1) is 9.55. The zero-order valence-corrected chi connectivity index (χ0v) is 8.42. The molecule has 0 saturated heterocycles. The van der Waals surface area contributed by atoms with Crippen molar-refractivity contribution in [2.45, 2.75) is 19.4 Å². The molecule has 0 spiro atoms. The average molecular weight is 193 g/mol. The second-order valence-corrected chi connectivity index (χ2v) is 3.41. The van der Waals surface area contributed by atoms with Crippen molar-refractivity contribution >= 4 is 0 Å². The molecule has 0 atom stereocenters. The maximum atomic E-state index is 5.35. The highest BCUT2D eigenvalue weighted by Gasteiger charge is 2.11. The van der Waals surface area contributed by atoms with E-state index in [1.165, 1.54) is 5.56 Å². The molecule has 1 aliphatic rings. The quantitative estimate of drug-likeness (QED) is 0.750. The second-order valence-electron chi connectivity index (χ2n) is 3.41. The van der Waals surface area contributed by atoms with E-state index < -0.39 is 0 Å². The van der Waals surface area contributed by atoms with Crippen LogP contribution < -0.4 is 5.32 Å². The molecule has 0 aliphatic carbocycles. The van der Waals surface area contributed by atoms with Crippen molar-refractivity contribution in [1.82, 2.24) is 15.3 Å². The van der Waals surface area contributed by atoms with E-state index in [2.05, 4.69) is 15.3 Å². The Balaban J connectivity index is 2.12. The van der Waals surface area contributed by atoms with E-state index in [1.54, 1.807) is 0 Å². The van der Waals surface area contributed by atoms with Crippen molar-refractivity contribution in [2.75, 3.05) is 20.2 Å². The number of fused-ring (bicyclic) bond motifs is 1. The molecule has 0 amide bonds. The van der Waals surface area contributed by atoms with Gasteiger partial charge in [0.05, 0.1) is 18.9 Å². The van der Waals surface area contributed by atoms with Crippen LogP contribution in [-0.4, -0.2) is 30.2 Å². The Morgan fingerprint density at radius 3 is 3.36 bits per heavy atom. The highest BCUT2D eigenvalue weighted by molar-refractivity contribution is 5.18. The number of nitrogens with zero attached hydrogens (tertiary/aromatic N) is 2. The zero-order chi connectivity index (χ0) is 9.80. The fourth-order valence-corrected chi connectivity index (χ4v) is 1.53. The Hall–Kier alpha value is -1.00. The molecule has 1 N–H and O–H groups in total. The lowest BCUT2D eigenvalue weighted by atomic mass is 10.1. The van der Waals surface area contributed by atoms with E-state index in [-0.39, 0.29) is 0 Å². The molecule has 0 bridgehead atoms. The molecule has 1 aromatic heterocycles. The first-order valence-electron chi connectivity index (χ1n) is 4.96. The lowest BCUT2D eigenvalue weighted by Crippen LogP contribution is -2.16. The molecule has 0 saturated carbocycles. The van der Waals surface area contributed by atoms with Crippen molar-refractivity contribution in [3.05, 3.63) is 23.3 Å². The SMILES string of the molecule is CNCCc1ncc2c(n1)COCC2. The molecule has 4 heteroatoms. The Morgan fingerprint density at radius 2 is 2.50 bits per heavy atom.